The van der Waals surface area contributed by atoms with Gasteiger partial charge in [0.15, 0.2) is 5.75 Å². The van der Waals surface area contributed by atoms with Gasteiger partial charge in [0.1, 0.15) is 5.69 Å². The zero-order valence-electron chi connectivity index (χ0n) is 10.1. The van der Waals surface area contributed by atoms with Crippen molar-refractivity contribution in [1.29, 1.82) is 0 Å². The molecule has 0 aliphatic carbocycles. The van der Waals surface area contributed by atoms with Crippen molar-refractivity contribution in [3.8, 4) is 5.75 Å². The molecular formula is C15H11N3O. The van der Waals surface area contributed by atoms with E-state index in [9.17, 15) is 5.11 Å². The lowest BCUT2D eigenvalue weighted by Crippen LogP contribution is -1.79. The molecular weight excluding hydrogens is 238 g/mol. The smallest absolute Gasteiger partial charge is 0.162 e. The van der Waals surface area contributed by atoms with Crippen LogP contribution in [-0.2, 0) is 0 Å². The standard InChI is InChI=1S/C15H11N3O/c19-14-10-16-13-9-5-4-8-12(13)15(14)18-17-11-6-2-1-3-7-11/h1-10,19H. The van der Waals surface area contributed by atoms with Crippen LogP contribution in [0.3, 0.4) is 0 Å². The Kier molecular flexibility index (Phi) is 2.90. The second-order valence-corrected chi connectivity index (χ2v) is 4.04. The van der Waals surface area contributed by atoms with E-state index in [0.29, 0.717) is 5.69 Å². The minimum absolute atomic E-state index is 0.0263. The first-order chi connectivity index (χ1) is 9.34. The van der Waals surface area contributed by atoms with Crippen LogP contribution in [-0.4, -0.2) is 10.1 Å². The van der Waals surface area contributed by atoms with Crippen LogP contribution in [0.2, 0.25) is 0 Å². The molecule has 0 aliphatic rings. The summed E-state index contributed by atoms with van der Waals surface area (Å²) in [6.45, 7) is 0. The van der Waals surface area contributed by atoms with Crippen LogP contribution in [0.4, 0.5) is 11.4 Å². The maximum Gasteiger partial charge on any atom is 0.162 e. The lowest BCUT2D eigenvalue weighted by Gasteiger charge is -2.02. The Balaban J connectivity index is 2.10. The van der Waals surface area contributed by atoms with Crippen molar-refractivity contribution in [1.82, 2.24) is 4.98 Å². The molecule has 0 saturated carbocycles. The van der Waals surface area contributed by atoms with Gasteiger partial charge in [-0.05, 0) is 18.2 Å². The summed E-state index contributed by atoms with van der Waals surface area (Å²) >= 11 is 0. The quantitative estimate of drug-likeness (QED) is 0.686. The zero-order valence-corrected chi connectivity index (χ0v) is 10.1. The molecule has 4 heteroatoms. The third-order valence-corrected chi connectivity index (χ3v) is 2.75. The Labute approximate surface area is 110 Å². The van der Waals surface area contributed by atoms with E-state index in [1.165, 1.54) is 6.20 Å². The number of rotatable bonds is 2. The maximum absolute atomic E-state index is 9.87. The van der Waals surface area contributed by atoms with Crippen LogP contribution in [0.25, 0.3) is 10.9 Å². The van der Waals surface area contributed by atoms with Gasteiger partial charge < -0.3 is 5.11 Å². The number of azo groups is 1. The Morgan fingerprint density at radius 3 is 2.42 bits per heavy atom. The van der Waals surface area contributed by atoms with E-state index in [0.717, 1.165) is 16.6 Å². The molecule has 92 valence electrons. The van der Waals surface area contributed by atoms with Gasteiger partial charge in [-0.1, -0.05) is 36.4 Å². The van der Waals surface area contributed by atoms with E-state index in [2.05, 4.69) is 15.2 Å². The lowest BCUT2D eigenvalue weighted by atomic mass is 10.2. The van der Waals surface area contributed by atoms with E-state index in [1.54, 1.807) is 0 Å². The molecule has 3 aromatic rings. The summed E-state index contributed by atoms with van der Waals surface area (Å²) in [5.74, 6) is 0.0263. The van der Waals surface area contributed by atoms with E-state index in [1.807, 2.05) is 54.6 Å². The summed E-state index contributed by atoms with van der Waals surface area (Å²) in [7, 11) is 0. The molecule has 0 atom stereocenters. The van der Waals surface area contributed by atoms with Crippen LogP contribution in [0.5, 0.6) is 5.75 Å². The average Bonchev–Trinajstić information content (AvgIpc) is 2.47. The van der Waals surface area contributed by atoms with Gasteiger partial charge in [-0.25, -0.2) is 0 Å². The van der Waals surface area contributed by atoms with Crippen molar-refractivity contribution in [2.24, 2.45) is 10.2 Å². The number of hydrogen-bond acceptors (Lipinski definition) is 4. The van der Waals surface area contributed by atoms with E-state index >= 15 is 0 Å². The number of fused-ring (bicyclic) bond motifs is 1. The second-order valence-electron chi connectivity index (χ2n) is 4.04. The molecule has 0 saturated heterocycles. The minimum Gasteiger partial charge on any atom is -0.504 e. The number of benzene rings is 2. The van der Waals surface area contributed by atoms with Gasteiger partial charge in [0.2, 0.25) is 0 Å². The SMILES string of the molecule is Oc1cnc2ccccc2c1N=Nc1ccccc1. The number of para-hydroxylation sites is 1. The second kappa shape index (κ2) is 4.86. The summed E-state index contributed by atoms with van der Waals surface area (Å²) in [6, 6.07) is 16.9. The number of pyridine rings is 1. The van der Waals surface area contributed by atoms with Crippen molar-refractivity contribution >= 4 is 22.3 Å². The molecule has 0 bridgehead atoms. The van der Waals surface area contributed by atoms with Crippen LogP contribution in [0.15, 0.2) is 71.0 Å². The highest BCUT2D eigenvalue weighted by Gasteiger charge is 2.06. The van der Waals surface area contributed by atoms with E-state index < -0.39 is 0 Å². The normalized spacial score (nSPS) is 11.2. The summed E-state index contributed by atoms with van der Waals surface area (Å²) in [4.78, 5) is 4.14. The maximum atomic E-state index is 9.87. The van der Waals surface area contributed by atoms with Crippen LogP contribution < -0.4 is 0 Å². The number of aromatic nitrogens is 1. The number of nitrogens with zero attached hydrogens (tertiary/aromatic N) is 3. The largest absolute Gasteiger partial charge is 0.504 e. The molecule has 0 aliphatic heterocycles. The monoisotopic (exact) mass is 249 g/mol. The summed E-state index contributed by atoms with van der Waals surface area (Å²) in [6.07, 6.45) is 1.39. The minimum atomic E-state index is 0.0263. The average molecular weight is 249 g/mol. The molecule has 0 fully saturated rings. The molecule has 4 nitrogen and oxygen atoms in total. The topological polar surface area (TPSA) is 57.8 Å². The summed E-state index contributed by atoms with van der Waals surface area (Å²) < 4.78 is 0. The van der Waals surface area contributed by atoms with Crippen molar-refractivity contribution in [3.05, 3.63) is 60.8 Å². The fourth-order valence-corrected chi connectivity index (χ4v) is 1.82. The van der Waals surface area contributed by atoms with Crippen molar-refractivity contribution in [2.75, 3.05) is 0 Å². The van der Waals surface area contributed by atoms with Crippen molar-refractivity contribution in [2.45, 2.75) is 0 Å². The molecule has 1 N–H and O–H groups in total. The Morgan fingerprint density at radius 1 is 0.842 bits per heavy atom. The fraction of sp³-hybridized carbons (Fsp3) is 0. The van der Waals surface area contributed by atoms with Crippen molar-refractivity contribution in [3.63, 3.8) is 0 Å². The first-order valence-corrected chi connectivity index (χ1v) is 5.88. The Morgan fingerprint density at radius 2 is 1.58 bits per heavy atom. The number of aromatic hydroxyl groups is 1. The molecule has 0 radical (unpaired) electrons. The molecule has 0 spiro atoms. The number of hydrogen-bond donors (Lipinski definition) is 1. The predicted octanol–water partition coefficient (Wildman–Crippen LogP) is 4.36. The van der Waals surface area contributed by atoms with Gasteiger partial charge in [-0.3, -0.25) is 4.98 Å². The first kappa shape index (κ1) is 11.3. The van der Waals surface area contributed by atoms with Gasteiger partial charge in [0.25, 0.3) is 0 Å². The van der Waals surface area contributed by atoms with Gasteiger partial charge in [-0.15, -0.1) is 5.11 Å². The third-order valence-electron chi connectivity index (χ3n) is 2.75. The Bertz CT molecular complexity index is 739. The molecule has 1 heterocycles. The molecule has 0 unspecified atom stereocenters. The van der Waals surface area contributed by atoms with Gasteiger partial charge in [0, 0.05) is 5.39 Å². The fourth-order valence-electron chi connectivity index (χ4n) is 1.82. The van der Waals surface area contributed by atoms with Crippen LogP contribution >= 0.6 is 0 Å². The van der Waals surface area contributed by atoms with Crippen LogP contribution in [0, 0.1) is 0 Å². The highest BCUT2D eigenvalue weighted by Crippen LogP contribution is 2.34. The molecule has 1 aromatic heterocycles. The summed E-state index contributed by atoms with van der Waals surface area (Å²) in [5.41, 5.74) is 1.96. The summed E-state index contributed by atoms with van der Waals surface area (Å²) in [5, 5.41) is 18.9. The third kappa shape index (κ3) is 2.28. The first-order valence-electron chi connectivity index (χ1n) is 5.88. The molecule has 0 amide bonds. The molecule has 3 rings (SSSR count). The lowest BCUT2D eigenvalue weighted by molar-refractivity contribution is 0.475. The van der Waals surface area contributed by atoms with Gasteiger partial charge in [-0.2, -0.15) is 5.11 Å². The zero-order chi connectivity index (χ0) is 13.1. The van der Waals surface area contributed by atoms with Crippen molar-refractivity contribution < 1.29 is 5.11 Å². The van der Waals surface area contributed by atoms with E-state index in [4.69, 9.17) is 0 Å². The van der Waals surface area contributed by atoms with Gasteiger partial charge >= 0.3 is 0 Å². The highest BCUT2D eigenvalue weighted by atomic mass is 16.3. The molecule has 2 aromatic carbocycles. The van der Waals surface area contributed by atoms with Crippen LogP contribution in [0.1, 0.15) is 0 Å². The van der Waals surface area contributed by atoms with Gasteiger partial charge in [0.05, 0.1) is 17.4 Å². The highest BCUT2D eigenvalue weighted by molar-refractivity contribution is 5.92. The van der Waals surface area contributed by atoms with E-state index in [-0.39, 0.29) is 5.75 Å². The Hall–Kier alpha value is -2.75. The predicted molar refractivity (Wildman–Crippen MR) is 74.0 cm³/mol. The molecule has 19 heavy (non-hydrogen) atoms.